The molecule has 0 aliphatic carbocycles. The summed E-state index contributed by atoms with van der Waals surface area (Å²) >= 11 is 3.45. The van der Waals surface area contributed by atoms with E-state index in [0.717, 1.165) is 10.0 Å². The van der Waals surface area contributed by atoms with Gasteiger partial charge in [-0.1, -0.05) is 18.2 Å². The first-order valence-corrected chi connectivity index (χ1v) is 8.50. The topological polar surface area (TPSA) is 57.1 Å². The van der Waals surface area contributed by atoms with Crippen LogP contribution in [0.4, 0.5) is 0 Å². The zero-order valence-corrected chi connectivity index (χ0v) is 15.4. The van der Waals surface area contributed by atoms with Crippen LogP contribution in [0.1, 0.15) is 18.1 Å². The number of rotatable bonds is 5. The van der Waals surface area contributed by atoms with Gasteiger partial charge in [0, 0.05) is 10.0 Å². The molecule has 0 radical (unpaired) electrons. The fourth-order valence-corrected chi connectivity index (χ4v) is 2.88. The summed E-state index contributed by atoms with van der Waals surface area (Å²) in [4.78, 5) is 16.5. The molecule has 0 unspecified atom stereocenters. The monoisotopic (exact) mass is 401 g/mol. The number of benzene rings is 2. The fraction of sp³-hybridized carbons (Fsp3) is 0.158. The number of esters is 1. The zero-order chi connectivity index (χ0) is 17.8. The Morgan fingerprint density at radius 1 is 1.24 bits per heavy atom. The minimum Gasteiger partial charge on any atom is -0.497 e. The quantitative estimate of drug-likeness (QED) is 0.556. The van der Waals surface area contributed by atoms with Crippen LogP contribution in [-0.4, -0.2) is 25.6 Å². The molecule has 0 spiro atoms. The van der Waals surface area contributed by atoms with Gasteiger partial charge in [-0.05, 0) is 53.2 Å². The first-order chi connectivity index (χ1) is 12.1. The number of halogens is 1. The van der Waals surface area contributed by atoms with E-state index in [1.807, 2.05) is 31.2 Å². The Hall–Kier alpha value is -2.60. The summed E-state index contributed by atoms with van der Waals surface area (Å²) in [6, 6.07) is 12.8. The molecule has 0 amide bonds. The highest BCUT2D eigenvalue weighted by molar-refractivity contribution is 9.10. The summed E-state index contributed by atoms with van der Waals surface area (Å²) in [5.41, 5.74) is 1.68. The zero-order valence-electron chi connectivity index (χ0n) is 13.8. The summed E-state index contributed by atoms with van der Waals surface area (Å²) < 4.78 is 16.8. The lowest BCUT2D eigenvalue weighted by Crippen LogP contribution is -2.06. The van der Waals surface area contributed by atoms with E-state index < -0.39 is 5.97 Å². The molecule has 0 aromatic heterocycles. The van der Waals surface area contributed by atoms with Crippen molar-refractivity contribution in [2.75, 3.05) is 13.7 Å². The maximum absolute atomic E-state index is 12.2. The van der Waals surface area contributed by atoms with Gasteiger partial charge in [0.1, 0.15) is 11.5 Å². The predicted octanol–water partition coefficient (Wildman–Crippen LogP) is 4.20. The summed E-state index contributed by atoms with van der Waals surface area (Å²) in [6.07, 6.45) is 1.66. The Balaban J connectivity index is 1.96. The molecule has 1 aliphatic heterocycles. The molecule has 2 aromatic carbocycles. The molecular weight excluding hydrogens is 386 g/mol. The lowest BCUT2D eigenvalue weighted by atomic mass is 10.1. The highest BCUT2D eigenvalue weighted by Crippen LogP contribution is 2.28. The van der Waals surface area contributed by atoms with Crippen molar-refractivity contribution in [3.05, 3.63) is 63.8 Å². The van der Waals surface area contributed by atoms with Crippen LogP contribution in [0.2, 0.25) is 0 Å². The van der Waals surface area contributed by atoms with Gasteiger partial charge in [0.05, 0.1) is 19.3 Å². The third-order valence-corrected chi connectivity index (χ3v) is 4.19. The molecule has 2 aromatic rings. The summed E-state index contributed by atoms with van der Waals surface area (Å²) in [6.45, 7) is 2.45. The number of nitrogens with zero attached hydrogens (tertiary/aromatic N) is 1. The van der Waals surface area contributed by atoms with Crippen molar-refractivity contribution < 1.29 is 19.0 Å². The van der Waals surface area contributed by atoms with Crippen molar-refractivity contribution in [1.82, 2.24) is 0 Å². The maximum atomic E-state index is 12.2. The number of para-hydroxylation sites is 1. The SMILES string of the molecule is CCOc1ccccc1C=C1N=C(c2ccc(OC)cc2Br)OC1=O. The molecular formula is C19H16BrNO4. The third kappa shape index (κ3) is 3.74. The average Bonchev–Trinajstić information content (AvgIpc) is 2.97. The second-order valence-electron chi connectivity index (χ2n) is 5.15. The molecule has 0 fully saturated rings. The van der Waals surface area contributed by atoms with Gasteiger partial charge < -0.3 is 14.2 Å². The van der Waals surface area contributed by atoms with Gasteiger partial charge in [-0.2, -0.15) is 0 Å². The Kier molecular flexibility index (Phi) is 5.19. The minimum atomic E-state index is -0.496. The molecule has 3 rings (SSSR count). The number of ether oxygens (including phenoxy) is 3. The van der Waals surface area contributed by atoms with Crippen LogP contribution in [0.3, 0.4) is 0 Å². The second kappa shape index (κ2) is 7.53. The van der Waals surface area contributed by atoms with E-state index in [0.29, 0.717) is 23.7 Å². The van der Waals surface area contributed by atoms with Crippen molar-refractivity contribution in [3.8, 4) is 11.5 Å². The third-order valence-electron chi connectivity index (χ3n) is 3.54. The fourth-order valence-electron chi connectivity index (χ4n) is 2.35. The molecule has 0 bridgehead atoms. The molecule has 25 heavy (non-hydrogen) atoms. The van der Waals surface area contributed by atoms with Crippen molar-refractivity contribution >= 4 is 33.9 Å². The highest BCUT2D eigenvalue weighted by atomic mass is 79.9. The summed E-state index contributed by atoms with van der Waals surface area (Å²) in [5, 5.41) is 0. The Morgan fingerprint density at radius 3 is 2.76 bits per heavy atom. The molecule has 128 valence electrons. The summed E-state index contributed by atoms with van der Waals surface area (Å²) in [5.74, 6) is 1.14. The van der Waals surface area contributed by atoms with Gasteiger partial charge in [0.15, 0.2) is 5.70 Å². The van der Waals surface area contributed by atoms with Crippen molar-refractivity contribution in [3.63, 3.8) is 0 Å². The van der Waals surface area contributed by atoms with E-state index in [9.17, 15) is 4.79 Å². The normalized spacial score (nSPS) is 15.1. The standard InChI is InChI=1S/C19H16BrNO4/c1-3-24-17-7-5-4-6-12(17)10-16-19(22)25-18(21-16)14-9-8-13(23-2)11-15(14)20/h4-11H,3H2,1-2H3. The van der Waals surface area contributed by atoms with Crippen molar-refractivity contribution in [2.45, 2.75) is 6.92 Å². The Morgan fingerprint density at radius 2 is 2.04 bits per heavy atom. The molecule has 5 nitrogen and oxygen atoms in total. The highest BCUT2D eigenvalue weighted by Gasteiger charge is 2.26. The summed E-state index contributed by atoms with van der Waals surface area (Å²) in [7, 11) is 1.59. The molecule has 6 heteroatoms. The number of carbonyl (C=O) groups is 1. The number of hydrogen-bond acceptors (Lipinski definition) is 5. The molecule has 0 saturated carbocycles. The second-order valence-corrected chi connectivity index (χ2v) is 6.01. The number of hydrogen-bond donors (Lipinski definition) is 0. The van der Waals surface area contributed by atoms with E-state index in [1.165, 1.54) is 0 Å². The molecule has 1 aliphatic rings. The van der Waals surface area contributed by atoms with E-state index >= 15 is 0 Å². The van der Waals surface area contributed by atoms with Crippen molar-refractivity contribution in [1.29, 1.82) is 0 Å². The van der Waals surface area contributed by atoms with Gasteiger partial charge in [-0.15, -0.1) is 0 Å². The minimum absolute atomic E-state index is 0.227. The van der Waals surface area contributed by atoms with Crippen molar-refractivity contribution in [2.24, 2.45) is 4.99 Å². The molecule has 1 heterocycles. The van der Waals surface area contributed by atoms with Crippen LogP contribution in [-0.2, 0) is 9.53 Å². The van der Waals surface area contributed by atoms with Crippen LogP contribution < -0.4 is 9.47 Å². The van der Waals surface area contributed by atoms with Crippen LogP contribution in [0.15, 0.2) is 57.6 Å². The largest absolute Gasteiger partial charge is 0.497 e. The number of cyclic esters (lactones) is 1. The number of carbonyl (C=O) groups excluding carboxylic acids is 1. The van der Waals surface area contributed by atoms with Crippen LogP contribution in [0, 0.1) is 0 Å². The van der Waals surface area contributed by atoms with E-state index in [2.05, 4.69) is 20.9 Å². The number of methoxy groups -OCH3 is 1. The van der Waals surface area contributed by atoms with Gasteiger partial charge in [-0.3, -0.25) is 0 Å². The van der Waals surface area contributed by atoms with Crippen LogP contribution >= 0.6 is 15.9 Å². The number of aliphatic imine (C=N–C) groups is 1. The first-order valence-electron chi connectivity index (χ1n) is 7.70. The van der Waals surface area contributed by atoms with Crippen LogP contribution in [0.5, 0.6) is 11.5 Å². The van der Waals surface area contributed by atoms with E-state index in [1.54, 1.807) is 31.4 Å². The smallest absolute Gasteiger partial charge is 0.363 e. The lowest BCUT2D eigenvalue weighted by molar-refractivity contribution is -0.129. The maximum Gasteiger partial charge on any atom is 0.363 e. The molecule has 0 N–H and O–H groups in total. The predicted molar refractivity (Wildman–Crippen MR) is 98.9 cm³/mol. The average molecular weight is 402 g/mol. The molecule has 0 atom stereocenters. The lowest BCUT2D eigenvalue weighted by Gasteiger charge is -2.06. The van der Waals surface area contributed by atoms with Gasteiger partial charge >= 0.3 is 5.97 Å². The van der Waals surface area contributed by atoms with Gasteiger partial charge in [-0.25, -0.2) is 9.79 Å². The van der Waals surface area contributed by atoms with E-state index in [4.69, 9.17) is 14.2 Å². The first kappa shape index (κ1) is 17.2. The Labute approximate surface area is 154 Å². The van der Waals surface area contributed by atoms with Crippen LogP contribution in [0.25, 0.3) is 6.08 Å². The van der Waals surface area contributed by atoms with E-state index in [-0.39, 0.29) is 11.6 Å². The van der Waals surface area contributed by atoms with Gasteiger partial charge in [0.25, 0.3) is 0 Å². The van der Waals surface area contributed by atoms with Gasteiger partial charge in [0.2, 0.25) is 5.90 Å². The molecule has 0 saturated heterocycles. The Bertz CT molecular complexity index is 873.